The zero-order valence-corrected chi connectivity index (χ0v) is 12.2. The van der Waals surface area contributed by atoms with E-state index in [9.17, 15) is 4.79 Å². The number of hydrogen-bond acceptors (Lipinski definition) is 3. The number of benzene rings is 1. The van der Waals surface area contributed by atoms with E-state index in [1.54, 1.807) is 0 Å². The number of carbonyl (C=O) groups excluding carboxylic acids is 1. The van der Waals surface area contributed by atoms with Crippen LogP contribution in [0, 0.1) is 6.92 Å². The van der Waals surface area contributed by atoms with Crippen molar-refractivity contribution < 1.29 is 9.53 Å². The van der Waals surface area contributed by atoms with Gasteiger partial charge in [0.25, 0.3) is 0 Å². The number of carbonyl (C=O) groups is 1. The van der Waals surface area contributed by atoms with E-state index >= 15 is 0 Å². The Kier molecular flexibility index (Phi) is 6.02. The van der Waals surface area contributed by atoms with Crippen molar-refractivity contribution in [2.45, 2.75) is 38.7 Å². The maximum Gasteiger partial charge on any atom is 0.238 e. The number of aryl methyl sites for hydroxylation is 1. The summed E-state index contributed by atoms with van der Waals surface area (Å²) < 4.78 is 5.65. The van der Waals surface area contributed by atoms with Gasteiger partial charge in [0.1, 0.15) is 0 Å². The fourth-order valence-corrected chi connectivity index (χ4v) is 2.43. The Morgan fingerprint density at radius 1 is 1.40 bits per heavy atom. The molecule has 4 nitrogen and oxygen atoms in total. The first-order valence-corrected chi connectivity index (χ1v) is 7.43. The highest BCUT2D eigenvalue weighted by Crippen LogP contribution is 2.14. The van der Waals surface area contributed by atoms with Gasteiger partial charge in [-0.25, -0.2) is 0 Å². The van der Waals surface area contributed by atoms with Crippen LogP contribution in [0.1, 0.15) is 31.2 Å². The lowest BCUT2D eigenvalue weighted by molar-refractivity contribution is -0.115. The predicted molar refractivity (Wildman–Crippen MR) is 80.9 cm³/mol. The molecular formula is C16H24N2O2. The molecule has 0 radical (unpaired) electrons. The van der Waals surface area contributed by atoms with Crippen molar-refractivity contribution in [2.75, 3.05) is 25.0 Å². The minimum atomic E-state index is 0.000150. The van der Waals surface area contributed by atoms with Crippen molar-refractivity contribution in [1.82, 2.24) is 5.32 Å². The molecule has 1 atom stereocenters. The summed E-state index contributed by atoms with van der Waals surface area (Å²) in [7, 11) is 0. The number of anilines is 1. The quantitative estimate of drug-likeness (QED) is 0.785. The van der Waals surface area contributed by atoms with Crippen LogP contribution < -0.4 is 10.6 Å². The van der Waals surface area contributed by atoms with Crippen LogP contribution in [0.2, 0.25) is 0 Å². The topological polar surface area (TPSA) is 50.4 Å². The second-order valence-corrected chi connectivity index (χ2v) is 5.37. The normalized spacial score (nSPS) is 18.8. The lowest BCUT2D eigenvalue weighted by atomic mass is 10.1. The molecular weight excluding hydrogens is 252 g/mol. The summed E-state index contributed by atoms with van der Waals surface area (Å²) in [5.41, 5.74) is 2.00. The average molecular weight is 276 g/mol. The number of hydrogen-bond donors (Lipinski definition) is 2. The molecule has 2 rings (SSSR count). The first-order valence-electron chi connectivity index (χ1n) is 7.43. The van der Waals surface area contributed by atoms with Crippen LogP contribution >= 0.6 is 0 Å². The van der Waals surface area contributed by atoms with Gasteiger partial charge in [-0.05, 0) is 56.8 Å². The summed E-state index contributed by atoms with van der Waals surface area (Å²) in [6.07, 6.45) is 4.95. The molecule has 1 heterocycles. The zero-order chi connectivity index (χ0) is 14.2. The lowest BCUT2D eigenvalue weighted by Gasteiger charge is -2.22. The molecule has 110 valence electrons. The summed E-state index contributed by atoms with van der Waals surface area (Å²) in [4.78, 5) is 11.8. The van der Waals surface area contributed by atoms with E-state index in [4.69, 9.17) is 4.74 Å². The van der Waals surface area contributed by atoms with Crippen molar-refractivity contribution in [1.29, 1.82) is 0 Å². The molecule has 0 aliphatic carbocycles. The van der Waals surface area contributed by atoms with Crippen LogP contribution in [0.25, 0.3) is 0 Å². The highest BCUT2D eigenvalue weighted by Gasteiger charge is 2.13. The van der Waals surface area contributed by atoms with Crippen LogP contribution in [-0.2, 0) is 9.53 Å². The van der Waals surface area contributed by atoms with Crippen LogP contribution in [0.3, 0.4) is 0 Å². The number of nitrogens with one attached hydrogen (secondary N) is 2. The maximum atomic E-state index is 11.8. The van der Waals surface area contributed by atoms with Gasteiger partial charge in [0.2, 0.25) is 5.91 Å². The summed E-state index contributed by atoms with van der Waals surface area (Å²) in [5.74, 6) is 0.000150. The van der Waals surface area contributed by atoms with Gasteiger partial charge >= 0.3 is 0 Å². The summed E-state index contributed by atoms with van der Waals surface area (Å²) >= 11 is 0. The van der Waals surface area contributed by atoms with Gasteiger partial charge in [0.15, 0.2) is 0 Å². The van der Waals surface area contributed by atoms with Gasteiger partial charge in [0.05, 0.1) is 12.6 Å². The molecule has 1 aliphatic rings. The van der Waals surface area contributed by atoms with Crippen molar-refractivity contribution in [3.8, 4) is 0 Å². The fourth-order valence-electron chi connectivity index (χ4n) is 2.43. The molecule has 1 aromatic rings. The second-order valence-electron chi connectivity index (χ2n) is 5.37. The third-order valence-electron chi connectivity index (χ3n) is 3.50. The molecule has 1 aliphatic heterocycles. The fraction of sp³-hybridized carbons (Fsp3) is 0.562. The number of rotatable bonds is 6. The Balaban J connectivity index is 1.60. The van der Waals surface area contributed by atoms with E-state index in [0.29, 0.717) is 12.6 Å². The minimum absolute atomic E-state index is 0.000150. The van der Waals surface area contributed by atoms with E-state index in [0.717, 1.165) is 37.2 Å². The molecule has 4 heteroatoms. The van der Waals surface area contributed by atoms with Gasteiger partial charge in [-0.3, -0.25) is 4.79 Å². The Hall–Kier alpha value is -1.39. The second kappa shape index (κ2) is 8.02. The highest BCUT2D eigenvalue weighted by molar-refractivity contribution is 5.92. The van der Waals surface area contributed by atoms with Gasteiger partial charge < -0.3 is 15.4 Å². The van der Waals surface area contributed by atoms with Crippen LogP contribution in [0.5, 0.6) is 0 Å². The van der Waals surface area contributed by atoms with E-state index in [2.05, 4.69) is 10.6 Å². The lowest BCUT2D eigenvalue weighted by Crippen LogP contribution is -2.31. The molecule has 2 N–H and O–H groups in total. The molecule has 20 heavy (non-hydrogen) atoms. The minimum Gasteiger partial charge on any atom is -0.378 e. The molecule has 1 unspecified atom stereocenters. The van der Waals surface area contributed by atoms with Crippen LogP contribution in [0.4, 0.5) is 5.69 Å². The van der Waals surface area contributed by atoms with Gasteiger partial charge in [-0.15, -0.1) is 0 Å². The highest BCUT2D eigenvalue weighted by atomic mass is 16.5. The van der Waals surface area contributed by atoms with Crippen molar-refractivity contribution >= 4 is 11.6 Å². The molecule has 1 fully saturated rings. The monoisotopic (exact) mass is 276 g/mol. The Morgan fingerprint density at radius 2 is 2.30 bits per heavy atom. The maximum absolute atomic E-state index is 11.8. The predicted octanol–water partition coefficient (Wildman–Crippen LogP) is 2.48. The SMILES string of the molecule is Cc1cccc(NC(=O)CNCCC2CCCCO2)c1. The van der Waals surface area contributed by atoms with Crippen molar-refractivity contribution in [2.24, 2.45) is 0 Å². The molecule has 1 amide bonds. The van der Waals surface area contributed by atoms with E-state index in [1.807, 2.05) is 31.2 Å². The molecule has 0 spiro atoms. The third-order valence-corrected chi connectivity index (χ3v) is 3.50. The van der Waals surface area contributed by atoms with Crippen molar-refractivity contribution in [3.63, 3.8) is 0 Å². The number of ether oxygens (including phenoxy) is 1. The van der Waals surface area contributed by atoms with E-state index in [-0.39, 0.29) is 5.91 Å². The molecule has 1 saturated heterocycles. The van der Waals surface area contributed by atoms with Crippen LogP contribution in [0.15, 0.2) is 24.3 Å². The van der Waals surface area contributed by atoms with E-state index < -0.39 is 0 Å². The molecule has 0 saturated carbocycles. The Morgan fingerprint density at radius 3 is 3.05 bits per heavy atom. The summed E-state index contributed by atoms with van der Waals surface area (Å²) in [5, 5.41) is 6.06. The van der Waals surface area contributed by atoms with E-state index in [1.165, 1.54) is 12.8 Å². The molecule has 0 aromatic heterocycles. The van der Waals surface area contributed by atoms with Gasteiger partial charge in [-0.1, -0.05) is 12.1 Å². The standard InChI is InChI=1S/C16H24N2O2/c1-13-5-4-6-14(11-13)18-16(19)12-17-9-8-15-7-2-3-10-20-15/h4-6,11,15,17H,2-3,7-10,12H2,1H3,(H,18,19). The Labute approximate surface area is 120 Å². The zero-order valence-electron chi connectivity index (χ0n) is 12.2. The first-order chi connectivity index (χ1) is 9.74. The van der Waals surface area contributed by atoms with Gasteiger partial charge in [0, 0.05) is 12.3 Å². The number of amides is 1. The molecule has 1 aromatic carbocycles. The first kappa shape index (κ1) is 15.0. The summed E-state index contributed by atoms with van der Waals surface area (Å²) in [6, 6.07) is 7.82. The largest absolute Gasteiger partial charge is 0.378 e. The summed E-state index contributed by atoms with van der Waals surface area (Å²) in [6.45, 7) is 4.07. The smallest absolute Gasteiger partial charge is 0.238 e. The van der Waals surface area contributed by atoms with Crippen LogP contribution in [-0.4, -0.2) is 31.7 Å². The van der Waals surface area contributed by atoms with Gasteiger partial charge in [-0.2, -0.15) is 0 Å². The third kappa shape index (κ3) is 5.31. The van der Waals surface area contributed by atoms with Crippen molar-refractivity contribution in [3.05, 3.63) is 29.8 Å². The Bertz CT molecular complexity index is 428. The average Bonchev–Trinajstić information content (AvgIpc) is 2.45. The molecule has 0 bridgehead atoms.